The summed E-state index contributed by atoms with van der Waals surface area (Å²) in [6.45, 7) is 6.08. The molecule has 10 nitrogen and oxygen atoms in total. The lowest BCUT2D eigenvalue weighted by atomic mass is 9.91. The first-order valence-corrected chi connectivity index (χ1v) is 13.4. The predicted octanol–water partition coefficient (Wildman–Crippen LogP) is 3.61. The zero-order valence-electron chi connectivity index (χ0n) is 22.6. The van der Waals surface area contributed by atoms with E-state index in [1.165, 1.54) is 15.6 Å². The maximum atomic E-state index is 14.6. The number of hydrogen-bond acceptors (Lipinski definition) is 6. The van der Waals surface area contributed by atoms with Crippen molar-refractivity contribution in [2.24, 2.45) is 11.8 Å². The van der Waals surface area contributed by atoms with Gasteiger partial charge in [-0.3, -0.25) is 4.79 Å². The van der Waals surface area contributed by atoms with Crippen LogP contribution in [0.3, 0.4) is 0 Å². The van der Waals surface area contributed by atoms with E-state index in [4.69, 9.17) is 4.74 Å². The topological polar surface area (TPSA) is 121 Å². The summed E-state index contributed by atoms with van der Waals surface area (Å²) in [4.78, 5) is 28.2. The van der Waals surface area contributed by atoms with Crippen molar-refractivity contribution in [3.8, 4) is 5.69 Å². The van der Waals surface area contributed by atoms with Crippen LogP contribution in [-0.4, -0.2) is 93.0 Å². The van der Waals surface area contributed by atoms with Gasteiger partial charge in [0.25, 0.3) is 5.91 Å². The van der Waals surface area contributed by atoms with Gasteiger partial charge < -0.3 is 24.7 Å². The van der Waals surface area contributed by atoms with E-state index in [-0.39, 0.29) is 42.2 Å². The third kappa shape index (κ3) is 7.73. The average Bonchev–Trinajstić information content (AvgIpc) is 3.32. The number of methoxy groups -OCH3 is 1. The van der Waals surface area contributed by atoms with Crippen molar-refractivity contribution in [3.63, 3.8) is 0 Å². The quantitative estimate of drug-likeness (QED) is 0.377. The number of likely N-dealkylation sites (tertiary alicyclic amines) is 1. The molecular formula is C27H40FN5O5. The number of piperidine rings is 1. The highest BCUT2D eigenvalue weighted by molar-refractivity contribution is 5.93. The summed E-state index contributed by atoms with van der Waals surface area (Å²) in [5.41, 5.74) is 0.942. The fourth-order valence-corrected chi connectivity index (χ4v) is 4.94. The molecule has 0 saturated carbocycles. The van der Waals surface area contributed by atoms with Gasteiger partial charge in [0.1, 0.15) is 11.5 Å². The highest BCUT2D eigenvalue weighted by atomic mass is 19.1. The summed E-state index contributed by atoms with van der Waals surface area (Å²) in [6, 6.07) is 6.25. The van der Waals surface area contributed by atoms with Gasteiger partial charge in [-0.15, -0.1) is 5.10 Å². The third-order valence-electron chi connectivity index (χ3n) is 6.90. The van der Waals surface area contributed by atoms with Crippen LogP contribution in [0, 0.1) is 17.7 Å². The first-order valence-electron chi connectivity index (χ1n) is 13.4. The lowest BCUT2D eigenvalue weighted by Gasteiger charge is -2.34. The second-order valence-electron chi connectivity index (χ2n) is 10.3. The van der Waals surface area contributed by atoms with Crippen molar-refractivity contribution in [2.75, 3.05) is 39.9 Å². The summed E-state index contributed by atoms with van der Waals surface area (Å²) in [5, 5.41) is 28.5. The molecular weight excluding hydrogens is 493 g/mol. The number of ether oxygens (including phenoxy) is 1. The Kier molecular flexibility index (Phi) is 11.0. The minimum atomic E-state index is -0.977. The molecule has 0 spiro atoms. The van der Waals surface area contributed by atoms with E-state index in [1.54, 1.807) is 30.2 Å². The fourth-order valence-electron chi connectivity index (χ4n) is 4.94. The lowest BCUT2D eigenvalue weighted by molar-refractivity contribution is 0.0371. The second-order valence-corrected chi connectivity index (χ2v) is 10.3. The minimum Gasteiger partial charge on any atom is -0.465 e. The molecule has 2 amide bonds. The molecule has 2 heterocycles. The van der Waals surface area contributed by atoms with E-state index in [2.05, 4.69) is 10.3 Å². The molecule has 0 radical (unpaired) electrons. The van der Waals surface area contributed by atoms with Gasteiger partial charge in [-0.25, -0.2) is 13.9 Å². The predicted molar refractivity (Wildman–Crippen MR) is 140 cm³/mol. The highest BCUT2D eigenvalue weighted by Gasteiger charge is 2.30. The normalized spacial score (nSPS) is 16.6. The molecule has 1 aromatic carbocycles. The van der Waals surface area contributed by atoms with Crippen LogP contribution >= 0.6 is 0 Å². The molecule has 38 heavy (non-hydrogen) atoms. The van der Waals surface area contributed by atoms with E-state index in [0.717, 1.165) is 12.8 Å². The lowest BCUT2D eigenvalue weighted by Crippen LogP contribution is -2.44. The molecule has 210 valence electrons. The molecule has 0 aliphatic carbocycles. The van der Waals surface area contributed by atoms with Crippen molar-refractivity contribution in [1.82, 2.24) is 24.8 Å². The van der Waals surface area contributed by atoms with Gasteiger partial charge in [-0.1, -0.05) is 31.2 Å². The van der Waals surface area contributed by atoms with Gasteiger partial charge >= 0.3 is 6.09 Å². The Morgan fingerprint density at radius 3 is 2.71 bits per heavy atom. The maximum Gasteiger partial charge on any atom is 0.407 e. The number of carbonyl (C=O) groups is 2. The first kappa shape index (κ1) is 29.5. The Bertz CT molecular complexity index is 1060. The van der Waals surface area contributed by atoms with E-state index in [1.807, 2.05) is 13.8 Å². The largest absolute Gasteiger partial charge is 0.465 e. The molecule has 2 atom stereocenters. The monoisotopic (exact) mass is 533 g/mol. The van der Waals surface area contributed by atoms with Gasteiger partial charge in [0, 0.05) is 45.8 Å². The summed E-state index contributed by atoms with van der Waals surface area (Å²) in [6.07, 6.45) is 2.00. The molecule has 1 aliphatic heterocycles. The standard InChI is InChI=1S/C27H40FN5O5/c1-19(2)17-31(15-13-24(34)20-9-8-14-32(18-20)27(36)37)26(35)25-23(12-6-7-16-38-3)33(30-29-25)22-11-5-4-10-21(22)28/h4-5,10-11,19-20,24,34H,6-9,12-18H2,1-3H3,(H,36,37)/t20?,24-/m1/s1. The molecule has 1 unspecified atom stereocenters. The van der Waals surface area contributed by atoms with Crippen molar-refractivity contribution >= 4 is 12.0 Å². The Morgan fingerprint density at radius 2 is 2.03 bits per heavy atom. The van der Waals surface area contributed by atoms with Gasteiger partial charge in [-0.05, 0) is 56.6 Å². The van der Waals surface area contributed by atoms with E-state index in [9.17, 15) is 24.2 Å². The van der Waals surface area contributed by atoms with Gasteiger partial charge in [0.2, 0.25) is 0 Å². The van der Waals surface area contributed by atoms with Crippen LogP contribution in [0.25, 0.3) is 5.69 Å². The summed E-state index contributed by atoms with van der Waals surface area (Å²) < 4.78 is 21.2. The van der Waals surface area contributed by atoms with Gasteiger partial charge in [0.15, 0.2) is 5.69 Å². The minimum absolute atomic E-state index is 0.167. The van der Waals surface area contributed by atoms with Crippen molar-refractivity contribution < 1.29 is 28.9 Å². The SMILES string of the molecule is COCCCCc1c(C(=O)N(CC[C@@H](O)C2CCCN(C(=O)O)C2)CC(C)C)nnn1-c1ccccc1F. The smallest absolute Gasteiger partial charge is 0.407 e. The van der Waals surface area contributed by atoms with Crippen LogP contribution in [0.5, 0.6) is 0 Å². The number of aromatic nitrogens is 3. The van der Waals surface area contributed by atoms with Gasteiger partial charge in [0.05, 0.1) is 11.8 Å². The van der Waals surface area contributed by atoms with Crippen molar-refractivity contribution in [1.29, 1.82) is 0 Å². The molecule has 1 aliphatic rings. The van der Waals surface area contributed by atoms with Gasteiger partial charge in [-0.2, -0.15) is 0 Å². The van der Waals surface area contributed by atoms with Crippen LogP contribution in [0.1, 0.15) is 62.1 Å². The first-order chi connectivity index (χ1) is 18.2. The number of aliphatic hydroxyl groups is 1. The number of rotatable bonds is 13. The zero-order chi connectivity index (χ0) is 27.7. The molecule has 1 aromatic heterocycles. The second kappa shape index (κ2) is 14.2. The maximum absolute atomic E-state index is 14.6. The summed E-state index contributed by atoms with van der Waals surface area (Å²) in [5.74, 6) is -0.778. The average molecular weight is 534 g/mol. The summed E-state index contributed by atoms with van der Waals surface area (Å²) >= 11 is 0. The molecule has 2 N–H and O–H groups in total. The summed E-state index contributed by atoms with van der Waals surface area (Å²) in [7, 11) is 1.63. The van der Waals surface area contributed by atoms with Crippen LogP contribution in [0.15, 0.2) is 24.3 Å². The Morgan fingerprint density at radius 1 is 1.26 bits per heavy atom. The Labute approximate surface area is 223 Å². The van der Waals surface area contributed by atoms with Crippen LogP contribution in [0.4, 0.5) is 9.18 Å². The van der Waals surface area contributed by atoms with E-state index in [0.29, 0.717) is 51.1 Å². The number of aliphatic hydroxyl groups excluding tert-OH is 1. The van der Waals surface area contributed by atoms with Crippen molar-refractivity contribution in [3.05, 3.63) is 41.5 Å². The molecule has 0 bridgehead atoms. The number of hydrogen-bond donors (Lipinski definition) is 2. The molecule has 2 aromatic rings. The molecule has 11 heteroatoms. The van der Waals surface area contributed by atoms with Crippen LogP contribution in [0.2, 0.25) is 0 Å². The van der Waals surface area contributed by atoms with Crippen LogP contribution < -0.4 is 0 Å². The Hall–Kier alpha value is -3.05. The van der Waals surface area contributed by atoms with Crippen molar-refractivity contribution in [2.45, 2.75) is 58.5 Å². The zero-order valence-corrected chi connectivity index (χ0v) is 22.6. The van der Waals surface area contributed by atoms with E-state index >= 15 is 0 Å². The highest BCUT2D eigenvalue weighted by Crippen LogP contribution is 2.24. The number of carbonyl (C=O) groups excluding carboxylic acids is 1. The van der Waals surface area contributed by atoms with E-state index < -0.39 is 18.0 Å². The molecule has 3 rings (SSSR count). The number of unbranched alkanes of at least 4 members (excludes halogenated alkanes) is 1. The van der Waals surface area contributed by atoms with Crippen LogP contribution in [-0.2, 0) is 11.2 Å². The molecule has 1 fully saturated rings. The number of carboxylic acid groups (broad SMARTS) is 1. The fraction of sp³-hybridized carbons (Fsp3) is 0.630. The number of para-hydroxylation sites is 1. The molecule has 1 saturated heterocycles. The number of amides is 2. The number of nitrogens with zero attached hydrogens (tertiary/aromatic N) is 5. The number of benzene rings is 1. The Balaban J connectivity index is 1.80. The third-order valence-corrected chi connectivity index (χ3v) is 6.90. The number of halogens is 1.